The first kappa shape index (κ1) is 13.6. The Bertz CT molecular complexity index is 556. The van der Waals surface area contributed by atoms with Gasteiger partial charge in [0.25, 0.3) is 5.91 Å². The Morgan fingerprint density at radius 2 is 2.37 bits per heavy atom. The van der Waals surface area contributed by atoms with Crippen LogP contribution in [0, 0.1) is 17.8 Å². The predicted octanol–water partition coefficient (Wildman–Crippen LogP) is 0.0393. The minimum Gasteiger partial charge on any atom is -0.384 e. The lowest BCUT2D eigenvalue weighted by molar-refractivity contribution is -0.121. The molecule has 2 heterocycles. The second kappa shape index (κ2) is 5.87. The Morgan fingerprint density at radius 3 is 3.00 bits per heavy atom. The van der Waals surface area contributed by atoms with Crippen molar-refractivity contribution in [3.8, 4) is 11.8 Å². The van der Waals surface area contributed by atoms with Crippen LogP contribution in [0.4, 0.5) is 0 Å². The highest BCUT2D eigenvalue weighted by Gasteiger charge is 2.30. The summed E-state index contributed by atoms with van der Waals surface area (Å²) >= 11 is 1.36. The van der Waals surface area contributed by atoms with Gasteiger partial charge in [0.2, 0.25) is 5.91 Å². The molecule has 1 atom stereocenters. The zero-order valence-corrected chi connectivity index (χ0v) is 11.1. The van der Waals surface area contributed by atoms with E-state index in [1.807, 2.05) is 0 Å². The summed E-state index contributed by atoms with van der Waals surface area (Å²) in [6, 6.07) is 1.70. The van der Waals surface area contributed by atoms with Crippen LogP contribution in [0.1, 0.15) is 21.7 Å². The summed E-state index contributed by atoms with van der Waals surface area (Å²) in [5.41, 5.74) is 5.81. The molecule has 5 nitrogen and oxygen atoms in total. The molecule has 100 valence electrons. The number of hydrogen-bond acceptors (Lipinski definition) is 4. The maximum Gasteiger partial charge on any atom is 0.254 e. The van der Waals surface area contributed by atoms with Crippen molar-refractivity contribution in [2.75, 3.05) is 19.7 Å². The van der Waals surface area contributed by atoms with Gasteiger partial charge in [-0.15, -0.1) is 11.3 Å². The highest BCUT2D eigenvalue weighted by molar-refractivity contribution is 7.10. The van der Waals surface area contributed by atoms with Crippen LogP contribution in [0.15, 0.2) is 11.4 Å². The lowest BCUT2D eigenvalue weighted by Gasteiger charge is -2.14. The van der Waals surface area contributed by atoms with Gasteiger partial charge in [0.05, 0.1) is 16.4 Å². The molecule has 0 radical (unpaired) electrons. The molecule has 0 aromatic carbocycles. The standard InChI is InChI=1S/C13H14N2O3S/c14-12(17)9-3-4-15(7-9)13(18)10-6-11(19-8-10)2-1-5-16/h6,8-9,16H,3-5,7H2,(H2,14,17). The fraction of sp³-hybridized carbons (Fsp3) is 0.385. The zero-order chi connectivity index (χ0) is 13.8. The third-order valence-electron chi connectivity index (χ3n) is 3.01. The summed E-state index contributed by atoms with van der Waals surface area (Å²) in [6.07, 6.45) is 0.627. The van der Waals surface area contributed by atoms with Gasteiger partial charge >= 0.3 is 0 Å². The molecule has 19 heavy (non-hydrogen) atoms. The van der Waals surface area contributed by atoms with E-state index in [0.29, 0.717) is 25.1 Å². The number of aliphatic hydroxyl groups excluding tert-OH is 1. The number of nitrogens with zero attached hydrogens (tertiary/aromatic N) is 1. The lowest BCUT2D eigenvalue weighted by Crippen LogP contribution is -2.31. The van der Waals surface area contributed by atoms with Crippen molar-refractivity contribution in [3.63, 3.8) is 0 Å². The van der Waals surface area contributed by atoms with E-state index in [1.165, 1.54) is 11.3 Å². The molecule has 1 fully saturated rings. The van der Waals surface area contributed by atoms with E-state index in [9.17, 15) is 9.59 Å². The number of nitrogens with two attached hydrogens (primary N) is 1. The normalized spacial score (nSPS) is 17.9. The molecule has 1 aliphatic rings. The minimum absolute atomic E-state index is 0.1000. The van der Waals surface area contributed by atoms with Gasteiger partial charge in [0.15, 0.2) is 0 Å². The van der Waals surface area contributed by atoms with Crippen molar-refractivity contribution >= 4 is 23.2 Å². The highest BCUT2D eigenvalue weighted by atomic mass is 32.1. The molecule has 6 heteroatoms. The summed E-state index contributed by atoms with van der Waals surface area (Å²) in [5.74, 6) is 4.61. The Kier molecular flexibility index (Phi) is 4.20. The number of aliphatic hydroxyl groups is 1. The number of rotatable bonds is 2. The van der Waals surface area contributed by atoms with Crippen molar-refractivity contribution < 1.29 is 14.7 Å². The number of carbonyl (C=O) groups is 2. The van der Waals surface area contributed by atoms with Gasteiger partial charge in [-0.05, 0) is 12.5 Å². The zero-order valence-electron chi connectivity index (χ0n) is 10.3. The topological polar surface area (TPSA) is 83.6 Å². The van der Waals surface area contributed by atoms with E-state index in [1.54, 1.807) is 16.3 Å². The van der Waals surface area contributed by atoms with Gasteiger partial charge < -0.3 is 15.7 Å². The van der Waals surface area contributed by atoms with Crippen LogP contribution >= 0.6 is 11.3 Å². The van der Waals surface area contributed by atoms with Crippen LogP contribution in [0.2, 0.25) is 0 Å². The second-order valence-electron chi connectivity index (χ2n) is 4.30. The van der Waals surface area contributed by atoms with Gasteiger partial charge in [0, 0.05) is 18.5 Å². The molecular formula is C13H14N2O3S. The van der Waals surface area contributed by atoms with Gasteiger partial charge in [-0.1, -0.05) is 11.8 Å². The molecule has 2 amide bonds. The van der Waals surface area contributed by atoms with Crippen LogP contribution in [0.3, 0.4) is 0 Å². The van der Waals surface area contributed by atoms with Crippen LogP contribution in [-0.4, -0.2) is 41.5 Å². The van der Waals surface area contributed by atoms with Gasteiger partial charge in [-0.3, -0.25) is 9.59 Å². The number of thiophene rings is 1. The monoisotopic (exact) mass is 278 g/mol. The van der Waals surface area contributed by atoms with E-state index < -0.39 is 0 Å². The third kappa shape index (κ3) is 3.13. The van der Waals surface area contributed by atoms with E-state index in [-0.39, 0.29) is 24.3 Å². The van der Waals surface area contributed by atoms with Crippen molar-refractivity contribution in [2.24, 2.45) is 11.7 Å². The van der Waals surface area contributed by atoms with E-state index >= 15 is 0 Å². The van der Waals surface area contributed by atoms with Gasteiger partial charge in [-0.2, -0.15) is 0 Å². The number of hydrogen-bond donors (Lipinski definition) is 2. The predicted molar refractivity (Wildman–Crippen MR) is 71.5 cm³/mol. The Balaban J connectivity index is 2.04. The molecular weight excluding hydrogens is 264 g/mol. The Labute approximate surface area is 115 Å². The number of primary amides is 1. The van der Waals surface area contributed by atoms with Gasteiger partial charge in [0.1, 0.15) is 6.61 Å². The Hall–Kier alpha value is -1.84. The third-order valence-corrected chi connectivity index (χ3v) is 3.86. The highest BCUT2D eigenvalue weighted by Crippen LogP contribution is 2.21. The largest absolute Gasteiger partial charge is 0.384 e. The molecule has 3 N–H and O–H groups in total. The van der Waals surface area contributed by atoms with Crippen LogP contribution < -0.4 is 5.73 Å². The summed E-state index contributed by atoms with van der Waals surface area (Å²) in [5, 5.41) is 10.3. The molecule has 0 bridgehead atoms. The molecule has 1 aromatic heterocycles. The number of carbonyl (C=O) groups excluding carboxylic acids is 2. The fourth-order valence-corrected chi connectivity index (χ4v) is 2.75. The lowest BCUT2D eigenvalue weighted by atomic mass is 10.1. The number of likely N-dealkylation sites (tertiary alicyclic amines) is 1. The average molecular weight is 278 g/mol. The first-order valence-electron chi connectivity index (χ1n) is 5.88. The fourth-order valence-electron chi connectivity index (χ4n) is 2.00. The van der Waals surface area contributed by atoms with Crippen molar-refractivity contribution in [3.05, 3.63) is 21.9 Å². The van der Waals surface area contributed by atoms with Crippen LogP contribution in [0.25, 0.3) is 0 Å². The molecule has 0 aliphatic carbocycles. The Morgan fingerprint density at radius 1 is 1.58 bits per heavy atom. The van der Waals surface area contributed by atoms with Gasteiger partial charge in [-0.25, -0.2) is 0 Å². The molecule has 0 saturated carbocycles. The quantitative estimate of drug-likeness (QED) is 0.749. The van der Waals surface area contributed by atoms with Crippen molar-refractivity contribution in [1.29, 1.82) is 0 Å². The first-order valence-corrected chi connectivity index (χ1v) is 6.76. The minimum atomic E-state index is -0.352. The van der Waals surface area contributed by atoms with Crippen molar-refractivity contribution in [1.82, 2.24) is 4.90 Å². The first-order chi connectivity index (χ1) is 9.11. The summed E-state index contributed by atoms with van der Waals surface area (Å²) in [7, 11) is 0. The molecule has 1 aliphatic heterocycles. The second-order valence-corrected chi connectivity index (χ2v) is 5.21. The maximum absolute atomic E-state index is 12.2. The molecule has 1 unspecified atom stereocenters. The smallest absolute Gasteiger partial charge is 0.254 e. The molecule has 1 aromatic rings. The maximum atomic E-state index is 12.2. The SMILES string of the molecule is NC(=O)C1CCN(C(=O)c2csc(C#CCO)c2)C1. The summed E-state index contributed by atoms with van der Waals surface area (Å²) in [6.45, 7) is 0.745. The van der Waals surface area contributed by atoms with Crippen molar-refractivity contribution in [2.45, 2.75) is 6.42 Å². The summed E-state index contributed by atoms with van der Waals surface area (Å²) < 4.78 is 0. The van der Waals surface area contributed by atoms with Crippen LogP contribution in [-0.2, 0) is 4.79 Å². The van der Waals surface area contributed by atoms with E-state index in [0.717, 1.165) is 4.88 Å². The van der Waals surface area contributed by atoms with E-state index in [4.69, 9.17) is 10.8 Å². The molecule has 1 saturated heterocycles. The number of amides is 2. The summed E-state index contributed by atoms with van der Waals surface area (Å²) in [4.78, 5) is 25.6. The molecule has 0 spiro atoms. The van der Waals surface area contributed by atoms with E-state index in [2.05, 4.69) is 11.8 Å². The average Bonchev–Trinajstić information content (AvgIpc) is 3.04. The van der Waals surface area contributed by atoms with Crippen LogP contribution in [0.5, 0.6) is 0 Å². The molecule has 2 rings (SSSR count).